The van der Waals surface area contributed by atoms with Gasteiger partial charge in [0.05, 0.1) is 20.3 Å². The van der Waals surface area contributed by atoms with Crippen LogP contribution in [0.4, 0.5) is 0 Å². The molecular formula is C23H26O7. The highest BCUT2D eigenvalue weighted by Gasteiger charge is 2.38. The van der Waals surface area contributed by atoms with Crippen LogP contribution in [-0.2, 0) is 22.4 Å². The second kappa shape index (κ2) is 8.98. The molecule has 1 aliphatic rings. The molecule has 2 aromatic carbocycles. The molecule has 7 heteroatoms. The number of carbonyl (C=O) groups is 1. The zero-order chi connectivity index (χ0) is 21.7. The van der Waals surface area contributed by atoms with Crippen molar-refractivity contribution >= 4 is 5.97 Å². The number of cyclic esters (lactones) is 1. The summed E-state index contributed by atoms with van der Waals surface area (Å²) in [5.41, 5.74) is 0.825. The molecule has 3 rings (SSSR count). The fourth-order valence-electron chi connectivity index (χ4n) is 3.80. The maximum atomic E-state index is 12.1. The predicted molar refractivity (Wildman–Crippen MR) is 110 cm³/mol. The molecule has 0 unspecified atom stereocenters. The first-order chi connectivity index (χ1) is 14.3. The van der Waals surface area contributed by atoms with Crippen molar-refractivity contribution in [2.24, 2.45) is 0 Å². The topological polar surface area (TPSA) is 105 Å². The zero-order valence-corrected chi connectivity index (χ0v) is 17.1. The molecule has 0 atom stereocenters. The van der Waals surface area contributed by atoms with Crippen LogP contribution in [0.3, 0.4) is 0 Å². The minimum Gasteiger partial charge on any atom is -0.512 e. The Bertz CT molecular complexity index is 891. The highest BCUT2D eigenvalue weighted by atomic mass is 16.6. The van der Waals surface area contributed by atoms with E-state index in [1.807, 2.05) is 0 Å². The van der Waals surface area contributed by atoms with Gasteiger partial charge in [-0.15, -0.1) is 0 Å². The fourth-order valence-corrected chi connectivity index (χ4v) is 3.80. The average molecular weight is 414 g/mol. The second-order valence-electron chi connectivity index (χ2n) is 7.41. The SMILES string of the molecule is COc1cc(O)ccc1CCC1(CCc2ccc(O)cc2OC)CC(O)=CC(=O)O1. The molecule has 0 amide bonds. The molecule has 0 radical (unpaired) electrons. The van der Waals surface area contributed by atoms with E-state index in [4.69, 9.17) is 14.2 Å². The first-order valence-corrected chi connectivity index (χ1v) is 9.68. The van der Waals surface area contributed by atoms with Crippen LogP contribution in [0.15, 0.2) is 48.2 Å². The molecule has 1 aliphatic heterocycles. The Morgan fingerprint density at radius 1 is 0.900 bits per heavy atom. The first-order valence-electron chi connectivity index (χ1n) is 9.68. The van der Waals surface area contributed by atoms with E-state index in [0.29, 0.717) is 37.2 Å². The van der Waals surface area contributed by atoms with Gasteiger partial charge in [0, 0.05) is 18.6 Å². The zero-order valence-electron chi connectivity index (χ0n) is 17.1. The summed E-state index contributed by atoms with van der Waals surface area (Å²) >= 11 is 0. The summed E-state index contributed by atoms with van der Waals surface area (Å²) in [6.45, 7) is 0. The summed E-state index contributed by atoms with van der Waals surface area (Å²) in [5.74, 6) is 0.721. The van der Waals surface area contributed by atoms with Gasteiger partial charge < -0.3 is 29.5 Å². The van der Waals surface area contributed by atoms with Crippen LogP contribution in [0, 0.1) is 0 Å². The van der Waals surface area contributed by atoms with Gasteiger partial charge in [0.1, 0.15) is 34.4 Å². The van der Waals surface area contributed by atoms with Crippen LogP contribution in [0.25, 0.3) is 0 Å². The molecule has 30 heavy (non-hydrogen) atoms. The Balaban J connectivity index is 1.82. The molecule has 2 aromatic rings. The highest BCUT2D eigenvalue weighted by molar-refractivity contribution is 5.83. The third-order valence-electron chi connectivity index (χ3n) is 5.35. The Kier molecular flexibility index (Phi) is 6.40. The van der Waals surface area contributed by atoms with Crippen LogP contribution < -0.4 is 9.47 Å². The van der Waals surface area contributed by atoms with Crippen molar-refractivity contribution in [1.29, 1.82) is 0 Å². The molecular weight excluding hydrogens is 388 g/mol. The van der Waals surface area contributed by atoms with Gasteiger partial charge in [-0.2, -0.15) is 0 Å². The number of hydrogen-bond donors (Lipinski definition) is 3. The molecule has 0 fully saturated rings. The Morgan fingerprint density at radius 3 is 1.83 bits per heavy atom. The maximum Gasteiger partial charge on any atom is 0.334 e. The largest absolute Gasteiger partial charge is 0.512 e. The van der Waals surface area contributed by atoms with Crippen LogP contribution in [-0.4, -0.2) is 41.1 Å². The van der Waals surface area contributed by atoms with Gasteiger partial charge in [0.15, 0.2) is 0 Å². The van der Waals surface area contributed by atoms with E-state index in [1.165, 1.54) is 26.4 Å². The van der Waals surface area contributed by atoms with Gasteiger partial charge in [-0.25, -0.2) is 4.79 Å². The lowest BCUT2D eigenvalue weighted by Gasteiger charge is -2.36. The summed E-state index contributed by atoms with van der Waals surface area (Å²) in [4.78, 5) is 12.1. The number of aryl methyl sites for hydroxylation is 2. The van der Waals surface area contributed by atoms with E-state index in [1.54, 1.807) is 24.3 Å². The van der Waals surface area contributed by atoms with E-state index < -0.39 is 11.6 Å². The van der Waals surface area contributed by atoms with Crippen molar-refractivity contribution in [2.75, 3.05) is 14.2 Å². The smallest absolute Gasteiger partial charge is 0.334 e. The number of rotatable bonds is 8. The Labute approximate surface area is 175 Å². The number of aliphatic hydroxyl groups excluding tert-OH is 1. The van der Waals surface area contributed by atoms with Gasteiger partial charge in [0.2, 0.25) is 0 Å². The van der Waals surface area contributed by atoms with Crippen molar-refractivity contribution in [3.05, 3.63) is 59.4 Å². The minimum absolute atomic E-state index is 0.0124. The third kappa shape index (κ3) is 4.97. The fraction of sp³-hybridized carbons (Fsp3) is 0.348. The Hall–Kier alpha value is -3.35. The van der Waals surface area contributed by atoms with Crippen molar-refractivity contribution in [3.8, 4) is 23.0 Å². The summed E-state index contributed by atoms with van der Waals surface area (Å²) < 4.78 is 16.4. The van der Waals surface area contributed by atoms with Gasteiger partial charge in [-0.05, 0) is 48.9 Å². The first kappa shape index (κ1) is 21.4. The number of phenols is 2. The van der Waals surface area contributed by atoms with E-state index in [9.17, 15) is 20.1 Å². The van der Waals surface area contributed by atoms with Crippen LogP contribution in [0.2, 0.25) is 0 Å². The number of methoxy groups -OCH3 is 2. The summed E-state index contributed by atoms with van der Waals surface area (Å²) in [7, 11) is 3.06. The number of aliphatic hydroxyl groups is 1. The standard InChI is InChI=1S/C23H26O7/c1-28-20-11-17(24)5-3-15(20)7-9-23(14-19(26)13-22(27)30-23)10-8-16-4-6-18(25)12-21(16)29-2/h3-6,11-13,24-26H,7-10,14H2,1-2H3. The van der Waals surface area contributed by atoms with Gasteiger partial charge in [-0.3, -0.25) is 0 Å². The third-order valence-corrected chi connectivity index (χ3v) is 5.35. The van der Waals surface area contributed by atoms with Gasteiger partial charge >= 0.3 is 5.97 Å². The lowest BCUT2D eigenvalue weighted by Crippen LogP contribution is -2.39. The lowest BCUT2D eigenvalue weighted by atomic mass is 9.83. The normalized spacial score (nSPS) is 15.3. The summed E-state index contributed by atoms with van der Waals surface area (Å²) in [6.07, 6.45) is 3.27. The summed E-state index contributed by atoms with van der Waals surface area (Å²) in [6, 6.07) is 9.77. The molecule has 0 aromatic heterocycles. The molecule has 1 heterocycles. The average Bonchev–Trinajstić information content (AvgIpc) is 2.71. The number of benzene rings is 2. The number of esters is 1. The number of carbonyl (C=O) groups excluding carboxylic acids is 1. The highest BCUT2D eigenvalue weighted by Crippen LogP contribution is 2.37. The van der Waals surface area contributed by atoms with Crippen LogP contribution in [0.1, 0.15) is 30.4 Å². The number of aromatic hydroxyl groups is 2. The number of phenolic OH excluding ortho intramolecular Hbond substituents is 2. The molecule has 0 saturated carbocycles. The minimum atomic E-state index is -0.901. The van der Waals surface area contributed by atoms with Gasteiger partial charge in [0.25, 0.3) is 0 Å². The number of ether oxygens (including phenoxy) is 3. The van der Waals surface area contributed by atoms with E-state index in [-0.39, 0.29) is 23.7 Å². The summed E-state index contributed by atoms with van der Waals surface area (Å²) in [5, 5.41) is 29.5. The van der Waals surface area contributed by atoms with E-state index in [0.717, 1.165) is 17.2 Å². The van der Waals surface area contributed by atoms with Gasteiger partial charge in [-0.1, -0.05) is 12.1 Å². The molecule has 0 saturated heterocycles. The number of hydrogen-bond acceptors (Lipinski definition) is 7. The van der Waals surface area contributed by atoms with E-state index >= 15 is 0 Å². The quantitative estimate of drug-likeness (QED) is 0.564. The molecule has 3 N–H and O–H groups in total. The monoisotopic (exact) mass is 414 g/mol. The van der Waals surface area contributed by atoms with Crippen molar-refractivity contribution in [1.82, 2.24) is 0 Å². The molecule has 0 spiro atoms. The molecule has 7 nitrogen and oxygen atoms in total. The molecule has 160 valence electrons. The van der Waals surface area contributed by atoms with Crippen molar-refractivity contribution in [3.63, 3.8) is 0 Å². The molecule has 0 aliphatic carbocycles. The van der Waals surface area contributed by atoms with Crippen molar-refractivity contribution in [2.45, 2.75) is 37.7 Å². The Morgan fingerprint density at radius 2 is 1.40 bits per heavy atom. The van der Waals surface area contributed by atoms with Crippen LogP contribution >= 0.6 is 0 Å². The molecule has 0 bridgehead atoms. The predicted octanol–water partition coefficient (Wildman–Crippen LogP) is 3.81. The lowest BCUT2D eigenvalue weighted by molar-refractivity contribution is -0.158. The van der Waals surface area contributed by atoms with E-state index in [2.05, 4.69) is 0 Å². The maximum absolute atomic E-state index is 12.1. The second-order valence-corrected chi connectivity index (χ2v) is 7.41. The van der Waals surface area contributed by atoms with Crippen molar-refractivity contribution < 1.29 is 34.3 Å². The van der Waals surface area contributed by atoms with Crippen LogP contribution in [0.5, 0.6) is 23.0 Å².